The van der Waals surface area contributed by atoms with Gasteiger partial charge in [-0.25, -0.2) is 0 Å². The third-order valence-corrected chi connectivity index (χ3v) is 3.23. The van der Waals surface area contributed by atoms with Crippen molar-refractivity contribution in [2.75, 3.05) is 17.7 Å². The van der Waals surface area contributed by atoms with Gasteiger partial charge < -0.3 is 25.3 Å². The summed E-state index contributed by atoms with van der Waals surface area (Å²) in [6, 6.07) is 11.2. The Kier molecular flexibility index (Phi) is 5.19. The van der Waals surface area contributed by atoms with Crippen molar-refractivity contribution >= 4 is 46.3 Å². The minimum absolute atomic E-state index is 0.0981. The summed E-state index contributed by atoms with van der Waals surface area (Å²) in [6.45, 7) is 0. The van der Waals surface area contributed by atoms with E-state index < -0.39 is 5.97 Å². The average Bonchev–Trinajstić information content (AvgIpc) is 2.48. The molecular weight excluding hydrogens is 324 g/mol. The van der Waals surface area contributed by atoms with Gasteiger partial charge in [-0.3, -0.25) is 0 Å². The molecular formula is C15H12ClN2O3S-. The van der Waals surface area contributed by atoms with Gasteiger partial charge in [0.2, 0.25) is 0 Å². The van der Waals surface area contributed by atoms with Gasteiger partial charge in [0, 0.05) is 10.7 Å². The number of ether oxygens (including phenoxy) is 1. The van der Waals surface area contributed by atoms with Crippen molar-refractivity contribution < 1.29 is 14.6 Å². The highest BCUT2D eigenvalue weighted by molar-refractivity contribution is 7.80. The predicted molar refractivity (Wildman–Crippen MR) is 88.6 cm³/mol. The first-order valence-corrected chi connectivity index (χ1v) is 7.01. The maximum Gasteiger partial charge on any atom is 0.175 e. The van der Waals surface area contributed by atoms with Crippen LogP contribution in [0, 0.1) is 0 Å². The van der Waals surface area contributed by atoms with Gasteiger partial charge >= 0.3 is 0 Å². The van der Waals surface area contributed by atoms with Crippen molar-refractivity contribution in [2.24, 2.45) is 0 Å². The summed E-state index contributed by atoms with van der Waals surface area (Å²) in [7, 11) is 1.55. The molecule has 0 amide bonds. The molecule has 0 bridgehead atoms. The summed E-state index contributed by atoms with van der Waals surface area (Å²) < 4.78 is 5.21. The summed E-state index contributed by atoms with van der Waals surface area (Å²) >= 11 is 11.1. The van der Waals surface area contributed by atoms with Crippen LogP contribution in [0.2, 0.25) is 5.02 Å². The second-order valence-electron chi connectivity index (χ2n) is 4.29. The molecule has 2 aromatic carbocycles. The molecule has 0 aliphatic heterocycles. The number of nitrogens with one attached hydrogen (secondary N) is 2. The fourth-order valence-corrected chi connectivity index (χ4v) is 2.15. The molecule has 2 rings (SSSR count). The second-order valence-corrected chi connectivity index (χ2v) is 5.13. The lowest BCUT2D eigenvalue weighted by Gasteiger charge is -2.14. The molecule has 0 saturated carbocycles. The smallest absolute Gasteiger partial charge is 0.175 e. The Balaban J connectivity index is 2.07. The van der Waals surface area contributed by atoms with Crippen molar-refractivity contribution in [3.8, 4) is 5.75 Å². The number of rotatable bonds is 4. The molecule has 0 aliphatic carbocycles. The van der Waals surface area contributed by atoms with Crippen LogP contribution >= 0.6 is 23.8 Å². The number of carboxylic acid groups (broad SMARTS) is 1. The highest BCUT2D eigenvalue weighted by Gasteiger charge is 2.06. The first kappa shape index (κ1) is 16.1. The van der Waals surface area contributed by atoms with E-state index in [1.54, 1.807) is 37.4 Å². The lowest BCUT2D eigenvalue weighted by Crippen LogP contribution is -2.22. The first-order chi connectivity index (χ1) is 10.5. The Labute approximate surface area is 137 Å². The first-order valence-electron chi connectivity index (χ1n) is 6.22. The van der Waals surface area contributed by atoms with E-state index >= 15 is 0 Å². The Morgan fingerprint density at radius 2 is 1.86 bits per heavy atom. The molecule has 0 aliphatic rings. The quantitative estimate of drug-likeness (QED) is 0.836. The summed E-state index contributed by atoms with van der Waals surface area (Å²) in [5.74, 6) is -0.628. The van der Waals surface area contributed by atoms with E-state index in [9.17, 15) is 9.90 Å². The van der Waals surface area contributed by atoms with Gasteiger partial charge in [-0.05, 0) is 48.1 Å². The van der Waals surface area contributed by atoms with E-state index in [-0.39, 0.29) is 5.56 Å². The summed E-state index contributed by atoms with van der Waals surface area (Å²) in [6.07, 6.45) is 0. The Morgan fingerprint density at radius 1 is 1.18 bits per heavy atom. The molecule has 0 saturated heterocycles. The highest BCUT2D eigenvalue weighted by atomic mass is 35.5. The molecule has 0 aromatic heterocycles. The normalized spacial score (nSPS) is 9.91. The zero-order valence-corrected chi connectivity index (χ0v) is 13.1. The predicted octanol–water partition coefficient (Wildman–Crippen LogP) is 2.52. The van der Waals surface area contributed by atoms with Crippen LogP contribution < -0.4 is 20.5 Å². The monoisotopic (exact) mass is 335 g/mol. The minimum atomic E-state index is -1.23. The number of hydrogen-bond acceptors (Lipinski definition) is 4. The van der Waals surface area contributed by atoms with E-state index in [0.29, 0.717) is 27.3 Å². The van der Waals surface area contributed by atoms with Crippen molar-refractivity contribution in [2.45, 2.75) is 0 Å². The third-order valence-electron chi connectivity index (χ3n) is 2.79. The van der Waals surface area contributed by atoms with Crippen LogP contribution in [0.5, 0.6) is 5.75 Å². The molecule has 114 valence electrons. The third kappa shape index (κ3) is 4.09. The highest BCUT2D eigenvalue weighted by Crippen LogP contribution is 2.27. The molecule has 22 heavy (non-hydrogen) atoms. The molecule has 0 fully saturated rings. The zero-order chi connectivity index (χ0) is 16.1. The molecule has 5 nitrogen and oxygen atoms in total. The number of halogens is 1. The fourth-order valence-electron chi connectivity index (χ4n) is 1.75. The number of benzene rings is 2. The van der Waals surface area contributed by atoms with Crippen LogP contribution in [-0.4, -0.2) is 18.2 Å². The zero-order valence-electron chi connectivity index (χ0n) is 11.6. The van der Waals surface area contributed by atoms with E-state index in [4.69, 9.17) is 28.6 Å². The second kappa shape index (κ2) is 7.11. The van der Waals surface area contributed by atoms with E-state index in [0.717, 1.165) is 0 Å². The molecule has 0 unspecified atom stereocenters. The van der Waals surface area contributed by atoms with Crippen molar-refractivity contribution in [1.82, 2.24) is 0 Å². The van der Waals surface area contributed by atoms with Crippen LogP contribution in [0.25, 0.3) is 0 Å². The van der Waals surface area contributed by atoms with Gasteiger partial charge in [0.15, 0.2) is 5.11 Å². The van der Waals surface area contributed by atoms with Gasteiger partial charge in [-0.2, -0.15) is 0 Å². The molecule has 0 heterocycles. The number of hydrogen-bond donors (Lipinski definition) is 2. The maximum absolute atomic E-state index is 10.7. The van der Waals surface area contributed by atoms with Gasteiger partial charge in [0.1, 0.15) is 5.75 Å². The topological polar surface area (TPSA) is 73.4 Å². The van der Waals surface area contributed by atoms with E-state index in [1.165, 1.54) is 12.1 Å². The molecule has 0 atom stereocenters. The van der Waals surface area contributed by atoms with Gasteiger partial charge in [0.25, 0.3) is 0 Å². The molecule has 2 aromatic rings. The number of carboxylic acids is 1. The average molecular weight is 336 g/mol. The fraction of sp³-hybridized carbons (Fsp3) is 0.0667. The van der Waals surface area contributed by atoms with Crippen LogP contribution in [-0.2, 0) is 0 Å². The van der Waals surface area contributed by atoms with Gasteiger partial charge in [0.05, 0.1) is 18.8 Å². The summed E-state index contributed by atoms with van der Waals surface area (Å²) in [5.41, 5.74) is 1.36. The van der Waals surface area contributed by atoms with Gasteiger partial charge in [-0.15, -0.1) is 0 Å². The SMILES string of the molecule is COc1ccc(Cl)cc1NC(=S)Nc1ccc(C(=O)[O-])cc1. The van der Waals surface area contributed by atoms with E-state index in [2.05, 4.69) is 10.6 Å². The molecule has 2 N–H and O–H groups in total. The summed E-state index contributed by atoms with van der Waals surface area (Å²) in [4.78, 5) is 10.7. The Bertz CT molecular complexity index is 704. The van der Waals surface area contributed by atoms with Crippen molar-refractivity contribution in [3.63, 3.8) is 0 Å². The van der Waals surface area contributed by atoms with E-state index in [1.807, 2.05) is 0 Å². The largest absolute Gasteiger partial charge is 0.545 e. The Morgan fingerprint density at radius 3 is 2.45 bits per heavy atom. The van der Waals surface area contributed by atoms with Crippen LogP contribution in [0.3, 0.4) is 0 Å². The number of carbonyl (C=O) groups is 1. The number of aromatic carboxylic acids is 1. The number of carbonyl (C=O) groups excluding carboxylic acids is 1. The molecule has 0 radical (unpaired) electrons. The lowest BCUT2D eigenvalue weighted by atomic mass is 10.2. The van der Waals surface area contributed by atoms with Crippen LogP contribution in [0.1, 0.15) is 10.4 Å². The minimum Gasteiger partial charge on any atom is -0.545 e. The molecule has 0 spiro atoms. The maximum atomic E-state index is 10.7. The standard InChI is InChI=1S/C15H13ClN2O3S/c1-21-13-7-4-10(16)8-12(13)18-15(22)17-11-5-2-9(3-6-11)14(19)20/h2-8H,1H3,(H,19,20)(H2,17,18,22)/p-1. The van der Waals surface area contributed by atoms with Crippen molar-refractivity contribution in [1.29, 1.82) is 0 Å². The molecule has 7 heteroatoms. The van der Waals surface area contributed by atoms with Gasteiger partial charge in [-0.1, -0.05) is 23.7 Å². The summed E-state index contributed by atoms with van der Waals surface area (Å²) in [5, 5.41) is 17.5. The number of anilines is 2. The Hall–Kier alpha value is -2.31. The number of thiocarbonyl (C=S) groups is 1. The van der Waals surface area contributed by atoms with Crippen LogP contribution in [0.4, 0.5) is 11.4 Å². The van der Waals surface area contributed by atoms with Crippen molar-refractivity contribution in [3.05, 3.63) is 53.1 Å². The van der Waals surface area contributed by atoms with Crippen LogP contribution in [0.15, 0.2) is 42.5 Å². The lowest BCUT2D eigenvalue weighted by molar-refractivity contribution is -0.255. The number of methoxy groups -OCH3 is 1.